The highest BCUT2D eigenvalue weighted by Crippen LogP contribution is 2.22. The van der Waals surface area contributed by atoms with Crippen LogP contribution in [-0.4, -0.2) is 49.0 Å². The van der Waals surface area contributed by atoms with Gasteiger partial charge in [-0.25, -0.2) is 4.98 Å². The lowest BCUT2D eigenvalue weighted by molar-refractivity contribution is 0.102. The number of nitrogens with one attached hydrogen (secondary N) is 2. The number of amides is 1. The molecule has 0 radical (unpaired) electrons. The molecule has 2 heterocycles. The lowest BCUT2D eigenvalue weighted by Crippen LogP contribution is -2.44. The van der Waals surface area contributed by atoms with Gasteiger partial charge in [0, 0.05) is 31.9 Å². The first-order chi connectivity index (χ1) is 14.2. The zero-order chi connectivity index (χ0) is 20.1. The third kappa shape index (κ3) is 4.73. The molecule has 1 amide bonds. The van der Waals surface area contributed by atoms with Crippen molar-refractivity contribution < 1.29 is 4.79 Å². The summed E-state index contributed by atoms with van der Waals surface area (Å²) in [6.07, 6.45) is 1.83. The summed E-state index contributed by atoms with van der Waals surface area (Å²) in [5.41, 5.74) is 3.34. The summed E-state index contributed by atoms with van der Waals surface area (Å²) >= 11 is 0. The van der Waals surface area contributed by atoms with Gasteiger partial charge in [-0.1, -0.05) is 30.3 Å². The maximum Gasteiger partial charge on any atom is 0.258 e. The number of hydrogen-bond donors (Lipinski definition) is 2. The van der Waals surface area contributed by atoms with Gasteiger partial charge in [-0.3, -0.25) is 4.79 Å². The number of pyridine rings is 1. The van der Waals surface area contributed by atoms with Crippen LogP contribution in [0, 0.1) is 0 Å². The molecule has 0 atom stereocenters. The quantitative estimate of drug-likeness (QED) is 0.697. The van der Waals surface area contributed by atoms with Crippen molar-refractivity contribution in [2.75, 3.05) is 48.8 Å². The Morgan fingerprint density at radius 2 is 1.62 bits per heavy atom. The Labute approximate surface area is 171 Å². The maximum absolute atomic E-state index is 12.8. The van der Waals surface area contributed by atoms with E-state index >= 15 is 0 Å². The summed E-state index contributed by atoms with van der Waals surface area (Å²) in [4.78, 5) is 21.9. The van der Waals surface area contributed by atoms with Gasteiger partial charge < -0.3 is 20.4 Å². The van der Waals surface area contributed by atoms with Gasteiger partial charge in [-0.05, 0) is 43.4 Å². The van der Waals surface area contributed by atoms with Crippen LogP contribution < -0.4 is 15.5 Å². The fourth-order valence-electron chi connectivity index (χ4n) is 3.36. The molecule has 0 saturated carbocycles. The van der Waals surface area contributed by atoms with E-state index in [-0.39, 0.29) is 5.91 Å². The normalized spacial score (nSPS) is 14.4. The van der Waals surface area contributed by atoms with E-state index < -0.39 is 0 Å². The number of carbonyl (C=O) groups is 1. The zero-order valence-electron chi connectivity index (χ0n) is 16.5. The van der Waals surface area contributed by atoms with Gasteiger partial charge in [0.05, 0.1) is 23.1 Å². The number of piperazine rings is 1. The fourth-order valence-corrected chi connectivity index (χ4v) is 3.36. The minimum absolute atomic E-state index is 0.191. The number of anilines is 4. The number of aromatic nitrogens is 1. The summed E-state index contributed by atoms with van der Waals surface area (Å²) in [5, 5.41) is 6.21. The molecule has 0 aliphatic carbocycles. The molecule has 2 aromatic carbocycles. The van der Waals surface area contributed by atoms with Crippen LogP contribution in [0.4, 0.5) is 22.9 Å². The fraction of sp³-hybridized carbons (Fsp3) is 0.217. The van der Waals surface area contributed by atoms with Crippen LogP contribution in [-0.2, 0) is 0 Å². The van der Waals surface area contributed by atoms with Crippen LogP contribution in [0.5, 0.6) is 0 Å². The molecule has 2 N–H and O–H groups in total. The number of likely N-dealkylation sites (N-methyl/N-ethyl adjacent to an activating group) is 1. The third-order valence-electron chi connectivity index (χ3n) is 5.08. The lowest BCUT2D eigenvalue weighted by atomic mass is 10.1. The van der Waals surface area contributed by atoms with Crippen LogP contribution in [0.1, 0.15) is 10.4 Å². The van der Waals surface area contributed by atoms with E-state index in [0.29, 0.717) is 11.4 Å². The minimum atomic E-state index is -0.191. The van der Waals surface area contributed by atoms with Crippen molar-refractivity contribution in [3.05, 3.63) is 78.5 Å². The van der Waals surface area contributed by atoms with Crippen molar-refractivity contribution in [1.82, 2.24) is 9.88 Å². The molecular formula is C23H25N5O. The molecule has 3 aromatic rings. The highest BCUT2D eigenvalue weighted by atomic mass is 16.1. The topological polar surface area (TPSA) is 60.5 Å². The van der Waals surface area contributed by atoms with Crippen molar-refractivity contribution in [3.63, 3.8) is 0 Å². The maximum atomic E-state index is 12.8. The highest BCUT2D eigenvalue weighted by Gasteiger charge is 2.15. The zero-order valence-corrected chi connectivity index (χ0v) is 16.5. The van der Waals surface area contributed by atoms with E-state index in [0.717, 1.165) is 43.2 Å². The highest BCUT2D eigenvalue weighted by molar-refractivity contribution is 6.08. The molecular weight excluding hydrogens is 362 g/mol. The molecule has 4 rings (SSSR count). The molecule has 1 aliphatic heterocycles. The first-order valence-corrected chi connectivity index (χ1v) is 9.81. The Morgan fingerprint density at radius 3 is 2.34 bits per heavy atom. The molecule has 0 unspecified atom stereocenters. The van der Waals surface area contributed by atoms with Gasteiger partial charge in [0.25, 0.3) is 5.91 Å². The second kappa shape index (κ2) is 8.75. The second-order valence-electron chi connectivity index (χ2n) is 7.18. The van der Waals surface area contributed by atoms with E-state index in [4.69, 9.17) is 0 Å². The number of benzene rings is 2. The number of para-hydroxylation sites is 2. The van der Waals surface area contributed by atoms with Crippen molar-refractivity contribution in [1.29, 1.82) is 0 Å². The monoisotopic (exact) mass is 387 g/mol. The van der Waals surface area contributed by atoms with E-state index in [2.05, 4.69) is 32.5 Å². The van der Waals surface area contributed by atoms with Crippen molar-refractivity contribution >= 4 is 28.8 Å². The van der Waals surface area contributed by atoms with Crippen molar-refractivity contribution in [2.24, 2.45) is 0 Å². The van der Waals surface area contributed by atoms with Crippen LogP contribution >= 0.6 is 0 Å². The molecule has 0 bridgehead atoms. The van der Waals surface area contributed by atoms with Gasteiger partial charge in [0.2, 0.25) is 0 Å². The van der Waals surface area contributed by atoms with Crippen LogP contribution in [0.2, 0.25) is 0 Å². The van der Waals surface area contributed by atoms with Gasteiger partial charge in [-0.15, -0.1) is 0 Å². The van der Waals surface area contributed by atoms with Crippen molar-refractivity contribution in [3.8, 4) is 0 Å². The van der Waals surface area contributed by atoms with Gasteiger partial charge in [0.15, 0.2) is 0 Å². The Kier molecular flexibility index (Phi) is 5.72. The molecule has 148 valence electrons. The first kappa shape index (κ1) is 19.0. The molecule has 1 fully saturated rings. The molecule has 1 saturated heterocycles. The standard InChI is InChI=1S/C23H25N5O/c1-27-13-15-28(16-14-27)19-11-12-22(24-17-19)26-23(29)20-9-5-6-10-21(20)25-18-7-3-2-4-8-18/h2-12,17,25H,13-16H2,1H3,(H,24,26,29). The summed E-state index contributed by atoms with van der Waals surface area (Å²) in [6.45, 7) is 4.07. The van der Waals surface area contributed by atoms with E-state index in [1.54, 1.807) is 6.07 Å². The van der Waals surface area contributed by atoms with E-state index in [1.807, 2.05) is 66.9 Å². The number of hydrogen-bond acceptors (Lipinski definition) is 5. The predicted molar refractivity (Wildman–Crippen MR) is 118 cm³/mol. The largest absolute Gasteiger partial charge is 0.368 e. The predicted octanol–water partition coefficient (Wildman–Crippen LogP) is 3.83. The second-order valence-corrected chi connectivity index (χ2v) is 7.18. The molecule has 29 heavy (non-hydrogen) atoms. The van der Waals surface area contributed by atoms with Crippen LogP contribution in [0.3, 0.4) is 0 Å². The summed E-state index contributed by atoms with van der Waals surface area (Å²) in [5.74, 6) is 0.353. The Balaban J connectivity index is 1.44. The van der Waals surface area contributed by atoms with Crippen LogP contribution in [0.25, 0.3) is 0 Å². The SMILES string of the molecule is CN1CCN(c2ccc(NC(=O)c3ccccc3Nc3ccccc3)nc2)CC1. The summed E-state index contributed by atoms with van der Waals surface area (Å²) < 4.78 is 0. The van der Waals surface area contributed by atoms with Gasteiger partial charge >= 0.3 is 0 Å². The number of rotatable bonds is 5. The molecule has 0 spiro atoms. The number of carbonyl (C=O) groups excluding carboxylic acids is 1. The van der Waals surface area contributed by atoms with Gasteiger partial charge in [-0.2, -0.15) is 0 Å². The first-order valence-electron chi connectivity index (χ1n) is 9.81. The average molecular weight is 387 g/mol. The Hall–Kier alpha value is -3.38. The molecule has 6 heteroatoms. The minimum Gasteiger partial charge on any atom is -0.368 e. The third-order valence-corrected chi connectivity index (χ3v) is 5.08. The summed E-state index contributed by atoms with van der Waals surface area (Å²) in [6, 6.07) is 21.1. The Morgan fingerprint density at radius 1 is 0.897 bits per heavy atom. The van der Waals surface area contributed by atoms with Crippen molar-refractivity contribution in [2.45, 2.75) is 0 Å². The van der Waals surface area contributed by atoms with E-state index in [9.17, 15) is 4.79 Å². The smallest absolute Gasteiger partial charge is 0.258 e. The molecule has 1 aromatic heterocycles. The molecule has 6 nitrogen and oxygen atoms in total. The van der Waals surface area contributed by atoms with Crippen LogP contribution in [0.15, 0.2) is 72.9 Å². The van der Waals surface area contributed by atoms with Gasteiger partial charge in [0.1, 0.15) is 5.82 Å². The number of nitrogens with zero attached hydrogens (tertiary/aromatic N) is 3. The van der Waals surface area contributed by atoms with E-state index in [1.165, 1.54) is 0 Å². The lowest BCUT2D eigenvalue weighted by Gasteiger charge is -2.33. The summed E-state index contributed by atoms with van der Waals surface area (Å²) in [7, 11) is 2.14. The Bertz CT molecular complexity index is 951. The molecule has 1 aliphatic rings. The average Bonchev–Trinajstić information content (AvgIpc) is 2.76.